The van der Waals surface area contributed by atoms with Crippen LogP contribution < -0.4 is 11.3 Å². The summed E-state index contributed by atoms with van der Waals surface area (Å²) >= 11 is 0. The van der Waals surface area contributed by atoms with Gasteiger partial charge in [0.15, 0.2) is 0 Å². The van der Waals surface area contributed by atoms with Crippen molar-refractivity contribution in [1.82, 2.24) is 5.43 Å². The molecule has 1 fully saturated rings. The molecule has 1 aromatic carbocycles. The van der Waals surface area contributed by atoms with E-state index in [-0.39, 0.29) is 18.0 Å². The predicted molar refractivity (Wildman–Crippen MR) is 60.0 cm³/mol. The molecule has 16 heavy (non-hydrogen) atoms. The van der Waals surface area contributed by atoms with Crippen LogP contribution >= 0.6 is 0 Å². The summed E-state index contributed by atoms with van der Waals surface area (Å²) in [5.41, 5.74) is 3.80. The third-order valence-electron chi connectivity index (χ3n) is 3.11. The fourth-order valence-corrected chi connectivity index (χ4v) is 2.26. The number of nitrogens with one attached hydrogen (secondary N) is 1. The van der Waals surface area contributed by atoms with Crippen LogP contribution in [0.25, 0.3) is 0 Å². The number of hydrogen-bond donors (Lipinski definition) is 2. The maximum atomic E-state index is 12.8. The zero-order valence-electron chi connectivity index (χ0n) is 9.32. The fourth-order valence-electron chi connectivity index (χ4n) is 2.26. The molecule has 2 rings (SSSR count). The molecule has 3 unspecified atom stereocenters. The topological polar surface area (TPSA) is 47.3 Å². The van der Waals surface area contributed by atoms with Crippen LogP contribution in [0.4, 0.5) is 4.39 Å². The largest absolute Gasteiger partial charge is 0.378 e. The zero-order valence-corrected chi connectivity index (χ0v) is 9.32. The van der Waals surface area contributed by atoms with Gasteiger partial charge in [-0.1, -0.05) is 12.1 Å². The number of rotatable bonds is 3. The second-order valence-electron chi connectivity index (χ2n) is 4.34. The third-order valence-corrected chi connectivity index (χ3v) is 3.11. The molecule has 1 heterocycles. The molecule has 0 bridgehead atoms. The molecule has 0 aromatic heterocycles. The minimum atomic E-state index is -0.226. The van der Waals surface area contributed by atoms with Crippen molar-refractivity contribution >= 4 is 0 Å². The molecule has 0 amide bonds. The molecule has 3 atom stereocenters. The van der Waals surface area contributed by atoms with Gasteiger partial charge in [0.25, 0.3) is 0 Å². The molecule has 1 saturated heterocycles. The van der Waals surface area contributed by atoms with Crippen molar-refractivity contribution in [3.63, 3.8) is 0 Å². The number of halogens is 1. The Morgan fingerprint density at radius 2 is 2.12 bits per heavy atom. The Balaban J connectivity index is 2.13. The molecule has 3 N–H and O–H groups in total. The van der Waals surface area contributed by atoms with Gasteiger partial charge in [-0.2, -0.15) is 0 Å². The van der Waals surface area contributed by atoms with E-state index >= 15 is 0 Å². The van der Waals surface area contributed by atoms with Crippen molar-refractivity contribution < 1.29 is 9.13 Å². The molecule has 0 radical (unpaired) electrons. The number of ether oxygens (including phenoxy) is 1. The lowest BCUT2D eigenvalue weighted by molar-refractivity contribution is 0.117. The summed E-state index contributed by atoms with van der Waals surface area (Å²) in [6, 6.07) is 6.48. The predicted octanol–water partition coefficient (Wildman–Crippen LogP) is 1.76. The Labute approximate surface area is 94.8 Å². The zero-order chi connectivity index (χ0) is 11.5. The van der Waals surface area contributed by atoms with Gasteiger partial charge in [-0.3, -0.25) is 11.3 Å². The molecule has 3 nitrogen and oxygen atoms in total. The highest BCUT2D eigenvalue weighted by molar-refractivity contribution is 5.20. The van der Waals surface area contributed by atoms with Crippen molar-refractivity contribution in [2.75, 3.05) is 6.61 Å². The van der Waals surface area contributed by atoms with E-state index in [1.54, 1.807) is 12.1 Å². The van der Waals surface area contributed by atoms with Crippen LogP contribution in [-0.4, -0.2) is 12.7 Å². The highest BCUT2D eigenvalue weighted by atomic mass is 19.1. The van der Waals surface area contributed by atoms with Crippen LogP contribution in [0.3, 0.4) is 0 Å². The normalized spacial score (nSPS) is 26.9. The number of hydrogen-bond acceptors (Lipinski definition) is 3. The van der Waals surface area contributed by atoms with Gasteiger partial charge in [-0.05, 0) is 31.0 Å². The Morgan fingerprint density at radius 3 is 2.62 bits per heavy atom. The van der Waals surface area contributed by atoms with Crippen molar-refractivity contribution in [1.29, 1.82) is 0 Å². The number of hydrazine groups is 1. The molecule has 88 valence electrons. The number of nitrogens with two attached hydrogens (primary N) is 1. The monoisotopic (exact) mass is 224 g/mol. The fraction of sp³-hybridized carbons (Fsp3) is 0.500. The van der Waals surface area contributed by atoms with Gasteiger partial charge < -0.3 is 4.74 Å². The molecule has 1 aliphatic heterocycles. The first kappa shape index (κ1) is 11.5. The standard InChI is InChI=1S/C12H17FN2O/c1-8-6-10(7-16-8)12(15-14)9-2-4-11(13)5-3-9/h2-5,8,10,12,15H,6-7,14H2,1H3. The van der Waals surface area contributed by atoms with E-state index in [9.17, 15) is 4.39 Å². The van der Waals surface area contributed by atoms with E-state index in [0.29, 0.717) is 12.5 Å². The third kappa shape index (κ3) is 2.40. The lowest BCUT2D eigenvalue weighted by Gasteiger charge is -2.21. The van der Waals surface area contributed by atoms with E-state index in [1.165, 1.54) is 12.1 Å². The van der Waals surface area contributed by atoms with E-state index < -0.39 is 0 Å². The second kappa shape index (κ2) is 4.91. The van der Waals surface area contributed by atoms with E-state index in [1.807, 2.05) is 0 Å². The molecule has 0 saturated carbocycles. The van der Waals surface area contributed by atoms with Crippen molar-refractivity contribution in [3.05, 3.63) is 35.6 Å². The Bertz CT molecular complexity index is 341. The average molecular weight is 224 g/mol. The molecule has 1 aliphatic rings. The summed E-state index contributed by atoms with van der Waals surface area (Å²) in [6.45, 7) is 2.76. The van der Waals surface area contributed by atoms with Crippen LogP contribution in [-0.2, 0) is 4.74 Å². The molecular formula is C12H17FN2O. The van der Waals surface area contributed by atoms with Gasteiger partial charge in [-0.15, -0.1) is 0 Å². The first-order chi connectivity index (χ1) is 7.70. The smallest absolute Gasteiger partial charge is 0.123 e. The van der Waals surface area contributed by atoms with Crippen LogP contribution in [0.5, 0.6) is 0 Å². The highest BCUT2D eigenvalue weighted by Gasteiger charge is 2.29. The van der Waals surface area contributed by atoms with E-state index in [4.69, 9.17) is 10.6 Å². The Morgan fingerprint density at radius 1 is 1.44 bits per heavy atom. The Kier molecular flexibility index (Phi) is 3.53. The maximum absolute atomic E-state index is 12.8. The minimum Gasteiger partial charge on any atom is -0.378 e. The van der Waals surface area contributed by atoms with Crippen molar-refractivity contribution in [2.24, 2.45) is 11.8 Å². The molecule has 4 heteroatoms. The maximum Gasteiger partial charge on any atom is 0.123 e. The summed E-state index contributed by atoms with van der Waals surface area (Å²) < 4.78 is 18.3. The van der Waals surface area contributed by atoms with Gasteiger partial charge in [0.05, 0.1) is 18.8 Å². The van der Waals surface area contributed by atoms with E-state index in [2.05, 4.69) is 12.3 Å². The van der Waals surface area contributed by atoms with Gasteiger partial charge >= 0.3 is 0 Å². The highest BCUT2D eigenvalue weighted by Crippen LogP contribution is 2.31. The summed E-state index contributed by atoms with van der Waals surface area (Å²) in [5, 5.41) is 0. The summed E-state index contributed by atoms with van der Waals surface area (Å²) in [6.07, 6.45) is 1.26. The quantitative estimate of drug-likeness (QED) is 0.607. The van der Waals surface area contributed by atoms with Gasteiger partial charge in [0.1, 0.15) is 5.82 Å². The molecular weight excluding hydrogens is 207 g/mol. The average Bonchev–Trinajstić information content (AvgIpc) is 2.69. The van der Waals surface area contributed by atoms with Gasteiger partial charge in [-0.25, -0.2) is 4.39 Å². The Hall–Kier alpha value is -0.970. The minimum absolute atomic E-state index is 0.0329. The van der Waals surface area contributed by atoms with Crippen molar-refractivity contribution in [3.8, 4) is 0 Å². The van der Waals surface area contributed by atoms with Crippen LogP contribution in [0.2, 0.25) is 0 Å². The van der Waals surface area contributed by atoms with Crippen LogP contribution in [0.1, 0.15) is 24.9 Å². The molecule has 1 aromatic rings. The molecule has 0 spiro atoms. The van der Waals surface area contributed by atoms with Crippen LogP contribution in [0.15, 0.2) is 24.3 Å². The lowest BCUT2D eigenvalue weighted by atomic mass is 9.91. The SMILES string of the molecule is CC1CC(C(NN)c2ccc(F)cc2)CO1. The first-order valence-electron chi connectivity index (χ1n) is 5.54. The van der Waals surface area contributed by atoms with Gasteiger partial charge in [0.2, 0.25) is 0 Å². The number of benzene rings is 1. The van der Waals surface area contributed by atoms with Crippen molar-refractivity contribution in [2.45, 2.75) is 25.5 Å². The summed E-state index contributed by atoms with van der Waals surface area (Å²) in [5.74, 6) is 5.69. The second-order valence-corrected chi connectivity index (χ2v) is 4.34. The first-order valence-corrected chi connectivity index (χ1v) is 5.54. The molecule has 0 aliphatic carbocycles. The van der Waals surface area contributed by atoms with Gasteiger partial charge in [0, 0.05) is 5.92 Å². The van der Waals surface area contributed by atoms with E-state index in [0.717, 1.165) is 12.0 Å². The van der Waals surface area contributed by atoms with Crippen LogP contribution in [0, 0.1) is 11.7 Å². The lowest BCUT2D eigenvalue weighted by Crippen LogP contribution is -2.34. The summed E-state index contributed by atoms with van der Waals surface area (Å²) in [7, 11) is 0. The summed E-state index contributed by atoms with van der Waals surface area (Å²) in [4.78, 5) is 0.